The maximum Gasteiger partial charge on any atom is 0.384 e. The Morgan fingerprint density at radius 3 is 1.90 bits per heavy atom. The van der Waals surface area contributed by atoms with Crippen LogP contribution in [0.3, 0.4) is 0 Å². The van der Waals surface area contributed by atoms with E-state index < -0.39 is 12.5 Å². The average Bonchev–Trinajstić information content (AvgIpc) is 3.61. The van der Waals surface area contributed by atoms with Crippen molar-refractivity contribution in [2.45, 2.75) is 20.8 Å². The highest BCUT2D eigenvalue weighted by Gasteiger charge is 2.46. The Balaban J connectivity index is 0.000000150. The summed E-state index contributed by atoms with van der Waals surface area (Å²) in [5, 5.41) is 41.5. The Morgan fingerprint density at radius 1 is 0.706 bits per heavy atom. The monoisotopic (exact) mass is 753 g/mol. The van der Waals surface area contributed by atoms with Crippen LogP contribution in [0.15, 0.2) is 91.0 Å². The van der Waals surface area contributed by atoms with E-state index >= 15 is 0 Å². The van der Waals surface area contributed by atoms with E-state index in [1.54, 1.807) is 31.3 Å². The van der Waals surface area contributed by atoms with Gasteiger partial charge < -0.3 is 15.6 Å². The fourth-order valence-corrected chi connectivity index (χ4v) is 8.14. The van der Waals surface area contributed by atoms with Crippen molar-refractivity contribution in [2.75, 3.05) is 39.0 Å². The second-order valence-corrected chi connectivity index (χ2v) is 15.2. The Hall–Kier alpha value is -4.24. The molecule has 0 aromatic heterocycles. The van der Waals surface area contributed by atoms with Crippen LogP contribution < -0.4 is 18.1 Å². The molecule has 0 spiro atoms. The number of hydroxylamine groups is 1. The van der Waals surface area contributed by atoms with E-state index in [4.69, 9.17) is 0 Å². The number of hydrogen-bond acceptors (Lipinski definition) is 9. The van der Waals surface area contributed by atoms with Crippen molar-refractivity contribution in [3.8, 4) is 0 Å². The zero-order valence-corrected chi connectivity index (χ0v) is 31.6. The number of rotatable bonds is 4. The van der Waals surface area contributed by atoms with Crippen molar-refractivity contribution in [1.82, 2.24) is 32.4 Å². The summed E-state index contributed by atoms with van der Waals surface area (Å²) in [5.41, 5.74) is 6.23. The number of nitrogens with zero attached hydrogens (tertiary/aromatic N) is 8. The van der Waals surface area contributed by atoms with E-state index in [2.05, 4.69) is 5.43 Å². The van der Waals surface area contributed by atoms with Crippen molar-refractivity contribution in [2.24, 2.45) is 0 Å². The Bertz CT molecular complexity index is 1940. The van der Waals surface area contributed by atoms with E-state index in [0.29, 0.717) is 17.9 Å². The van der Waals surface area contributed by atoms with E-state index in [9.17, 15) is 30.0 Å². The molecular weight excluding hydrogens is 715 g/mol. The number of amides is 6. The van der Waals surface area contributed by atoms with Crippen molar-refractivity contribution >= 4 is 82.3 Å². The third-order valence-electron chi connectivity index (χ3n) is 8.19. The minimum Gasteiger partial charge on any atom is -0.593 e. The molecule has 3 aliphatic heterocycles. The van der Waals surface area contributed by atoms with Gasteiger partial charge in [-0.1, -0.05) is 66.7 Å². The maximum atomic E-state index is 13.0. The number of nitrogens with one attached hydrogen (secondary N) is 1. The molecule has 0 bridgehead atoms. The fourth-order valence-electron chi connectivity index (χ4n) is 5.31. The van der Waals surface area contributed by atoms with Crippen LogP contribution >= 0.6 is 36.4 Å². The molecule has 0 aliphatic carbocycles. The third-order valence-corrected chi connectivity index (χ3v) is 11.5. The molecule has 3 atom stereocenters. The summed E-state index contributed by atoms with van der Waals surface area (Å²) in [6.45, 7) is 6.14. The predicted octanol–water partition coefficient (Wildman–Crippen LogP) is 7.73. The lowest BCUT2D eigenvalue weighted by Crippen LogP contribution is -2.46. The van der Waals surface area contributed by atoms with E-state index in [1.165, 1.54) is 34.1 Å². The lowest BCUT2D eigenvalue weighted by atomic mass is 10.1. The van der Waals surface area contributed by atoms with Crippen LogP contribution in [0, 0.1) is 29.5 Å². The smallest absolute Gasteiger partial charge is 0.384 e. The molecule has 3 unspecified atom stereocenters. The van der Waals surface area contributed by atoms with Crippen molar-refractivity contribution < 1.29 is 18.5 Å². The molecule has 15 nitrogen and oxygen atoms in total. The summed E-state index contributed by atoms with van der Waals surface area (Å²) in [4.78, 5) is 35.2. The van der Waals surface area contributed by atoms with Crippen molar-refractivity contribution in [3.63, 3.8) is 0 Å². The van der Waals surface area contributed by atoms with Crippen LogP contribution in [0.25, 0.3) is 10.8 Å². The quantitative estimate of drug-likeness (QED) is 0.126. The number of fused-ring (bicyclic) bond motifs is 1. The molecule has 7 rings (SSSR count). The highest BCUT2D eigenvalue weighted by molar-refractivity contribution is 7.97. The third kappa shape index (κ3) is 7.41. The van der Waals surface area contributed by atoms with E-state index in [0.717, 1.165) is 74.0 Å². The number of quaternary nitrogens is 3. The standard InChI is InChI=1S/C14H15N3O2S.C10H13N3O2S.C9H11N3O2S/c1-3-16-14(18)15-17(19,20-16)13-10(2)8-9-11-6-4-5-7-12(11)13;1-8-6-4-5-7-9(8)12-10(14)11(2)13(3,15)16-12;1-10-9(13)11(2)15-12(10,14)8-6-4-3-5-7-8/h4-9H,3H2,1-2H3,(H,15,18);4-7H,1-3H3;3-7H,1-2H3. The zero-order chi connectivity index (χ0) is 37.3. The molecule has 51 heavy (non-hydrogen) atoms. The molecule has 1 N–H and O–H groups in total. The summed E-state index contributed by atoms with van der Waals surface area (Å²) in [7, 11) is 6.02. The van der Waals surface area contributed by atoms with E-state index in [-0.39, 0.29) is 18.1 Å². The highest BCUT2D eigenvalue weighted by atomic mass is 32.2. The van der Waals surface area contributed by atoms with Gasteiger partial charge in [0, 0.05) is 36.7 Å². The zero-order valence-electron chi connectivity index (χ0n) is 29.1. The van der Waals surface area contributed by atoms with Gasteiger partial charge in [-0.25, -0.2) is 23.0 Å². The van der Waals surface area contributed by atoms with Crippen molar-refractivity contribution in [3.05, 3.63) is 118 Å². The van der Waals surface area contributed by atoms with E-state index in [1.807, 2.05) is 87.5 Å². The SMILES string of the molecule is CCN1S[N+]([O-])(c2c(C)ccc3ccccc23)NC1=O.CN1S[N+]([O-])(c2ccccc2)N(C)C1=O.Cc1ccccc1N1S[N+](C)([O-])N(C)C1=O. The topological polar surface area (TPSA) is 149 Å². The molecule has 6 amide bonds. The first-order valence-electron chi connectivity index (χ1n) is 15.7. The number of carbonyl (C=O) groups excluding carboxylic acids is 3. The summed E-state index contributed by atoms with van der Waals surface area (Å²) in [6.07, 6.45) is 0. The largest absolute Gasteiger partial charge is 0.593 e. The summed E-state index contributed by atoms with van der Waals surface area (Å²) < 4.78 is 1.71. The minimum atomic E-state index is -0.903. The van der Waals surface area contributed by atoms with Gasteiger partial charge in [0.15, 0.2) is 11.4 Å². The molecule has 0 saturated carbocycles. The molecule has 18 heteroatoms. The lowest BCUT2D eigenvalue weighted by Gasteiger charge is -2.36. The van der Waals surface area contributed by atoms with Crippen LogP contribution in [0.4, 0.5) is 31.4 Å². The number of urea groups is 3. The van der Waals surface area contributed by atoms with Crippen LogP contribution in [0.2, 0.25) is 0 Å². The first-order valence-corrected chi connectivity index (χ1v) is 17.9. The van der Waals surface area contributed by atoms with Crippen molar-refractivity contribution in [1.29, 1.82) is 0 Å². The van der Waals surface area contributed by atoms with Gasteiger partial charge in [-0.05, 0) is 43.9 Å². The van der Waals surface area contributed by atoms with Gasteiger partial charge in [0.2, 0.25) is 36.4 Å². The molecule has 0 radical (unpaired) electrons. The maximum absolute atomic E-state index is 13.0. The van der Waals surface area contributed by atoms with Gasteiger partial charge in [0.05, 0.1) is 19.8 Å². The van der Waals surface area contributed by atoms with Crippen LogP contribution in [-0.2, 0) is 0 Å². The summed E-state index contributed by atoms with van der Waals surface area (Å²) in [6, 6.07) is 27.0. The molecule has 270 valence electrons. The van der Waals surface area contributed by atoms with Crippen LogP contribution in [0.1, 0.15) is 18.1 Å². The second-order valence-electron chi connectivity index (χ2n) is 11.7. The van der Waals surface area contributed by atoms with Gasteiger partial charge in [-0.3, -0.25) is 0 Å². The lowest BCUT2D eigenvalue weighted by molar-refractivity contribution is -0.829. The molecular formula is C33H39N9O6S3. The van der Waals surface area contributed by atoms with Gasteiger partial charge >= 0.3 is 18.1 Å². The number of hydrogen-bond donors (Lipinski definition) is 1. The molecule has 4 aromatic rings. The van der Waals surface area contributed by atoms with Gasteiger partial charge in [0.25, 0.3) is 0 Å². The van der Waals surface area contributed by atoms with Gasteiger partial charge in [-0.2, -0.15) is 23.9 Å². The summed E-state index contributed by atoms with van der Waals surface area (Å²) >= 11 is 2.83. The molecule has 3 saturated heterocycles. The number of aryl methyl sites for hydroxylation is 2. The Morgan fingerprint density at radius 2 is 1.33 bits per heavy atom. The first-order chi connectivity index (χ1) is 24.0. The number of carbonyl (C=O) groups is 3. The number of para-hydroxylation sites is 1. The Labute approximate surface area is 309 Å². The fraction of sp³-hybridized carbons (Fsp3) is 0.242. The molecule has 3 heterocycles. The average molecular weight is 754 g/mol. The summed E-state index contributed by atoms with van der Waals surface area (Å²) in [5.74, 6) is 0. The number of anilines is 1. The van der Waals surface area contributed by atoms with Gasteiger partial charge in [0.1, 0.15) is 7.05 Å². The molecule has 4 aromatic carbocycles. The normalized spacial score (nSPS) is 24.4. The van der Waals surface area contributed by atoms with Crippen LogP contribution in [-0.4, -0.2) is 75.6 Å². The highest BCUT2D eigenvalue weighted by Crippen LogP contribution is 2.43. The van der Waals surface area contributed by atoms with Crippen LogP contribution in [0.5, 0.6) is 0 Å². The molecule has 3 fully saturated rings. The number of benzene rings is 4. The predicted molar refractivity (Wildman–Crippen MR) is 206 cm³/mol. The Kier molecular flexibility index (Phi) is 11.0. The first kappa shape index (κ1) is 38.0. The molecule has 3 aliphatic rings. The second kappa shape index (κ2) is 14.8. The van der Waals surface area contributed by atoms with Gasteiger partial charge in [-0.15, -0.1) is 8.32 Å². The minimum absolute atomic E-state index is 0.293.